The van der Waals surface area contributed by atoms with E-state index in [2.05, 4.69) is 48.0 Å². The molecule has 0 N–H and O–H groups in total. The Balaban J connectivity index is 1.59. The quantitative estimate of drug-likeness (QED) is 0.704. The highest BCUT2D eigenvalue weighted by Gasteiger charge is 2.45. The minimum absolute atomic E-state index is 0.241. The number of rotatable bonds is 0. The fraction of sp³-hybridized carbons (Fsp3) is 0.476. The second-order valence-corrected chi connectivity index (χ2v) is 8.30. The number of amides is 1. The van der Waals surface area contributed by atoms with Crippen LogP contribution in [-0.4, -0.2) is 34.3 Å². The van der Waals surface area contributed by atoms with Gasteiger partial charge in [-0.2, -0.15) is 0 Å². The Labute approximate surface area is 154 Å². The Bertz CT molecular complexity index is 839. The zero-order valence-electron chi connectivity index (χ0n) is 15.9. The molecule has 1 saturated heterocycles. The molecule has 0 atom stereocenters. The summed E-state index contributed by atoms with van der Waals surface area (Å²) in [7, 11) is 0. The van der Waals surface area contributed by atoms with Gasteiger partial charge in [0, 0.05) is 32.1 Å². The lowest BCUT2D eigenvalue weighted by Gasteiger charge is -2.45. The Hall–Kier alpha value is -2.43. The normalized spacial score (nSPS) is 18.1. The molecule has 0 saturated carbocycles. The number of hydrogen-bond donors (Lipinski definition) is 0. The maximum atomic E-state index is 12.4. The number of aromatic nitrogens is 1. The molecule has 1 amide bonds. The SMILES string of the molecule is Cc1ccc2c(c1)OC1(CCN(C(=O)OC(C)(C)C)CC1)c1cccn1-2. The second kappa shape index (κ2) is 5.79. The van der Waals surface area contributed by atoms with Crippen LogP contribution in [0.1, 0.15) is 44.9 Å². The standard InChI is InChI=1S/C21H26N2O3/c1-15-7-8-16-17(14-15)25-21(18-6-5-11-23(16)18)9-12-22(13-10-21)19(24)26-20(2,3)4/h5-8,11,14H,9-10,12-13H2,1-4H3. The van der Waals surface area contributed by atoms with Crippen molar-refractivity contribution >= 4 is 6.09 Å². The largest absolute Gasteiger partial charge is 0.479 e. The third-order valence-electron chi connectivity index (χ3n) is 5.12. The molecule has 1 aromatic heterocycles. The van der Waals surface area contributed by atoms with Crippen LogP contribution in [0.15, 0.2) is 36.5 Å². The number of fused-ring (bicyclic) bond motifs is 4. The van der Waals surface area contributed by atoms with Crippen molar-refractivity contribution in [2.45, 2.75) is 51.7 Å². The van der Waals surface area contributed by atoms with Crippen LogP contribution in [0, 0.1) is 6.92 Å². The number of piperidine rings is 1. The molecule has 1 fully saturated rings. The summed E-state index contributed by atoms with van der Waals surface area (Å²) in [5.74, 6) is 0.916. The number of carbonyl (C=O) groups excluding carboxylic acids is 1. The summed E-state index contributed by atoms with van der Waals surface area (Å²) in [6.45, 7) is 9.02. The molecule has 5 nitrogen and oxygen atoms in total. The average molecular weight is 354 g/mol. The van der Waals surface area contributed by atoms with E-state index in [4.69, 9.17) is 9.47 Å². The van der Waals surface area contributed by atoms with Gasteiger partial charge in [-0.15, -0.1) is 0 Å². The van der Waals surface area contributed by atoms with E-state index >= 15 is 0 Å². The van der Waals surface area contributed by atoms with Gasteiger partial charge in [-0.3, -0.25) is 0 Å². The number of benzene rings is 1. The van der Waals surface area contributed by atoms with Gasteiger partial charge in [0.05, 0.1) is 11.4 Å². The van der Waals surface area contributed by atoms with E-state index in [-0.39, 0.29) is 11.7 Å². The monoisotopic (exact) mass is 354 g/mol. The maximum absolute atomic E-state index is 12.4. The summed E-state index contributed by atoms with van der Waals surface area (Å²) >= 11 is 0. The van der Waals surface area contributed by atoms with Crippen LogP contribution in [0.4, 0.5) is 4.79 Å². The molecule has 0 aliphatic carbocycles. The van der Waals surface area contributed by atoms with Gasteiger partial charge in [-0.25, -0.2) is 4.79 Å². The number of likely N-dealkylation sites (tertiary alicyclic amines) is 1. The minimum Gasteiger partial charge on any atom is -0.479 e. The molecular weight excluding hydrogens is 328 g/mol. The van der Waals surface area contributed by atoms with Gasteiger partial charge in [-0.05, 0) is 57.5 Å². The molecule has 5 heteroatoms. The van der Waals surface area contributed by atoms with Crippen LogP contribution in [0.2, 0.25) is 0 Å². The van der Waals surface area contributed by atoms with Crippen LogP contribution in [0.5, 0.6) is 5.75 Å². The van der Waals surface area contributed by atoms with Crippen molar-refractivity contribution in [3.05, 3.63) is 47.8 Å². The fourth-order valence-electron chi connectivity index (χ4n) is 3.86. The highest BCUT2D eigenvalue weighted by atomic mass is 16.6. The lowest BCUT2D eigenvalue weighted by atomic mass is 9.86. The molecular formula is C21H26N2O3. The van der Waals surface area contributed by atoms with E-state index in [9.17, 15) is 4.79 Å². The summed E-state index contributed by atoms with van der Waals surface area (Å²) in [4.78, 5) is 14.2. The van der Waals surface area contributed by atoms with E-state index in [1.807, 2.05) is 20.8 Å². The number of hydrogen-bond acceptors (Lipinski definition) is 3. The third-order valence-corrected chi connectivity index (χ3v) is 5.12. The van der Waals surface area contributed by atoms with E-state index < -0.39 is 5.60 Å². The zero-order chi connectivity index (χ0) is 18.5. The smallest absolute Gasteiger partial charge is 0.410 e. The Kier molecular flexibility index (Phi) is 3.79. The molecule has 2 aliphatic heterocycles. The zero-order valence-corrected chi connectivity index (χ0v) is 15.9. The van der Waals surface area contributed by atoms with Crippen LogP contribution >= 0.6 is 0 Å². The van der Waals surface area contributed by atoms with Crippen molar-refractivity contribution in [3.63, 3.8) is 0 Å². The first-order valence-electron chi connectivity index (χ1n) is 9.23. The number of carbonyl (C=O) groups is 1. The van der Waals surface area contributed by atoms with Gasteiger partial charge in [0.1, 0.15) is 11.4 Å². The van der Waals surface area contributed by atoms with Crippen molar-refractivity contribution < 1.29 is 14.3 Å². The van der Waals surface area contributed by atoms with Gasteiger partial charge in [0.2, 0.25) is 0 Å². The Morgan fingerprint density at radius 1 is 1.19 bits per heavy atom. The van der Waals surface area contributed by atoms with E-state index in [1.165, 1.54) is 5.56 Å². The van der Waals surface area contributed by atoms with E-state index in [1.54, 1.807) is 4.90 Å². The number of aryl methyl sites for hydroxylation is 1. The molecule has 3 heterocycles. The molecule has 4 rings (SSSR count). The number of nitrogens with zero attached hydrogens (tertiary/aromatic N) is 2. The first-order chi connectivity index (χ1) is 12.3. The van der Waals surface area contributed by atoms with E-state index in [0.717, 1.165) is 30.0 Å². The third kappa shape index (κ3) is 2.85. The first kappa shape index (κ1) is 17.0. The van der Waals surface area contributed by atoms with Crippen LogP contribution < -0.4 is 4.74 Å². The molecule has 0 radical (unpaired) electrons. The number of ether oxygens (including phenoxy) is 2. The van der Waals surface area contributed by atoms with Gasteiger partial charge in [0.15, 0.2) is 5.60 Å². The summed E-state index contributed by atoms with van der Waals surface area (Å²) in [5, 5.41) is 0. The summed E-state index contributed by atoms with van der Waals surface area (Å²) in [5.41, 5.74) is 2.57. The minimum atomic E-state index is -0.473. The van der Waals surface area contributed by atoms with Crippen molar-refractivity contribution in [2.75, 3.05) is 13.1 Å². The van der Waals surface area contributed by atoms with Crippen LogP contribution in [-0.2, 0) is 10.3 Å². The molecule has 1 aromatic carbocycles. The predicted octanol–water partition coefficient (Wildman–Crippen LogP) is 4.40. The van der Waals surface area contributed by atoms with Crippen molar-refractivity contribution in [1.29, 1.82) is 0 Å². The molecule has 0 bridgehead atoms. The van der Waals surface area contributed by atoms with E-state index in [0.29, 0.717) is 13.1 Å². The van der Waals surface area contributed by atoms with Gasteiger partial charge >= 0.3 is 6.09 Å². The van der Waals surface area contributed by atoms with Gasteiger partial charge in [-0.1, -0.05) is 6.07 Å². The molecule has 2 aromatic rings. The van der Waals surface area contributed by atoms with Crippen molar-refractivity contribution in [1.82, 2.24) is 9.47 Å². The molecule has 0 unspecified atom stereocenters. The fourth-order valence-corrected chi connectivity index (χ4v) is 3.86. The topological polar surface area (TPSA) is 43.7 Å². The Morgan fingerprint density at radius 2 is 1.92 bits per heavy atom. The van der Waals surface area contributed by atoms with Crippen LogP contribution in [0.25, 0.3) is 5.69 Å². The van der Waals surface area contributed by atoms with Crippen LogP contribution in [0.3, 0.4) is 0 Å². The van der Waals surface area contributed by atoms with Gasteiger partial charge < -0.3 is 18.9 Å². The lowest BCUT2D eigenvalue weighted by Crippen LogP contribution is -2.50. The second-order valence-electron chi connectivity index (χ2n) is 8.30. The average Bonchev–Trinajstić information content (AvgIpc) is 3.04. The highest BCUT2D eigenvalue weighted by Crippen LogP contribution is 2.45. The summed E-state index contributed by atoms with van der Waals surface area (Å²) in [6.07, 6.45) is 3.36. The highest BCUT2D eigenvalue weighted by molar-refractivity contribution is 5.68. The first-order valence-corrected chi connectivity index (χ1v) is 9.23. The summed E-state index contributed by atoms with van der Waals surface area (Å²) < 4.78 is 14.3. The van der Waals surface area contributed by atoms with Gasteiger partial charge in [0.25, 0.3) is 0 Å². The molecule has 1 spiro atoms. The molecule has 2 aliphatic rings. The lowest BCUT2D eigenvalue weighted by molar-refractivity contribution is -0.0268. The van der Waals surface area contributed by atoms with Crippen molar-refractivity contribution in [3.8, 4) is 11.4 Å². The molecule has 26 heavy (non-hydrogen) atoms. The summed E-state index contributed by atoms with van der Waals surface area (Å²) in [6, 6.07) is 10.5. The molecule has 138 valence electrons. The van der Waals surface area contributed by atoms with Crippen molar-refractivity contribution in [2.24, 2.45) is 0 Å². The predicted molar refractivity (Wildman–Crippen MR) is 99.9 cm³/mol. The maximum Gasteiger partial charge on any atom is 0.410 e. The Morgan fingerprint density at radius 3 is 2.62 bits per heavy atom.